The second kappa shape index (κ2) is 14.8. The fraction of sp³-hybridized carbons (Fsp3) is 0.424. The number of ether oxygens (including phenoxy) is 6. The van der Waals surface area contributed by atoms with Gasteiger partial charge in [0, 0.05) is 9.37 Å². The normalized spacial score (nSPS) is 16.9. The molecule has 2 N–H and O–H groups in total. The van der Waals surface area contributed by atoms with Crippen LogP contribution in [0.25, 0.3) is 0 Å². The van der Waals surface area contributed by atoms with Crippen molar-refractivity contribution in [2.24, 2.45) is 0 Å². The molecule has 3 unspecified atom stereocenters. The number of hydroxylamine groups is 2. The van der Waals surface area contributed by atoms with Crippen LogP contribution in [0.5, 0.6) is 28.7 Å². The first kappa shape index (κ1) is 34.6. The molecular weight excluding hydrogens is 664 g/mol. The fourth-order valence-corrected chi connectivity index (χ4v) is 6.04. The van der Waals surface area contributed by atoms with Gasteiger partial charge in [0.2, 0.25) is 5.75 Å². The molecule has 0 radical (unpaired) electrons. The van der Waals surface area contributed by atoms with E-state index in [-0.39, 0.29) is 17.6 Å². The average Bonchev–Trinajstić information content (AvgIpc) is 3.51. The van der Waals surface area contributed by atoms with Gasteiger partial charge in [-0.15, -0.1) is 0 Å². The smallest absolute Gasteiger partial charge is 0.346 e. The fourth-order valence-electron chi connectivity index (χ4n) is 4.96. The van der Waals surface area contributed by atoms with Crippen molar-refractivity contribution >= 4 is 39.4 Å². The van der Waals surface area contributed by atoms with E-state index in [9.17, 15) is 10.0 Å². The molecule has 3 atom stereocenters. The van der Waals surface area contributed by atoms with E-state index in [4.69, 9.17) is 28.4 Å². The summed E-state index contributed by atoms with van der Waals surface area (Å²) < 4.78 is 36.3. The van der Waals surface area contributed by atoms with Crippen LogP contribution in [0.2, 0.25) is 0 Å². The minimum absolute atomic E-state index is 0.236. The highest BCUT2D eigenvalue weighted by molar-refractivity contribution is 9.10. The van der Waals surface area contributed by atoms with E-state index in [0.717, 1.165) is 26.9 Å². The van der Waals surface area contributed by atoms with Gasteiger partial charge < -0.3 is 33.7 Å². The van der Waals surface area contributed by atoms with E-state index >= 15 is 0 Å². The highest BCUT2D eigenvalue weighted by Gasteiger charge is 2.32. The van der Waals surface area contributed by atoms with Crippen LogP contribution in [0.3, 0.4) is 0 Å². The number of methoxy groups -OCH3 is 4. The van der Waals surface area contributed by atoms with Crippen LogP contribution in [-0.2, 0) is 4.74 Å². The van der Waals surface area contributed by atoms with E-state index in [1.54, 1.807) is 49.2 Å². The van der Waals surface area contributed by atoms with Gasteiger partial charge in [0.1, 0.15) is 5.44 Å². The molecular formula is C33H41BrN2O8S. The van der Waals surface area contributed by atoms with Crippen LogP contribution in [-0.4, -0.2) is 55.7 Å². The highest BCUT2D eigenvalue weighted by atomic mass is 79.9. The van der Waals surface area contributed by atoms with Crippen LogP contribution >= 0.6 is 27.7 Å². The lowest BCUT2D eigenvalue weighted by Crippen LogP contribution is -2.45. The van der Waals surface area contributed by atoms with E-state index < -0.39 is 11.6 Å². The molecule has 1 aliphatic heterocycles. The summed E-state index contributed by atoms with van der Waals surface area (Å²) in [4.78, 5) is 14.2. The molecule has 45 heavy (non-hydrogen) atoms. The Morgan fingerprint density at radius 1 is 0.911 bits per heavy atom. The summed E-state index contributed by atoms with van der Waals surface area (Å²) in [6.07, 6.45) is 0.901. The Labute approximate surface area is 277 Å². The number of rotatable bonds is 11. The SMILES string of the molecule is COc1cc(C2CCC(c3cc(OC)c(OC)c(OC)c3)O2)cc(NC(=O)N(O)C(C)(C)C)c1OC(C)Sc1ccc(Br)cc1. The Kier molecular flexibility index (Phi) is 11.4. The lowest BCUT2D eigenvalue weighted by Gasteiger charge is -2.30. The second-order valence-electron chi connectivity index (χ2n) is 11.4. The monoisotopic (exact) mass is 704 g/mol. The van der Waals surface area contributed by atoms with Gasteiger partial charge in [0.05, 0.1) is 51.9 Å². The molecule has 0 aromatic heterocycles. The first-order chi connectivity index (χ1) is 21.4. The summed E-state index contributed by atoms with van der Waals surface area (Å²) in [5.41, 5.74) is 0.854. The van der Waals surface area contributed by atoms with E-state index in [0.29, 0.717) is 45.9 Å². The maximum absolute atomic E-state index is 13.2. The molecule has 0 spiro atoms. The summed E-state index contributed by atoms with van der Waals surface area (Å²) in [6.45, 7) is 7.11. The lowest BCUT2D eigenvalue weighted by molar-refractivity contribution is -0.102. The molecule has 2 amide bonds. The lowest BCUT2D eigenvalue weighted by atomic mass is 10.0. The van der Waals surface area contributed by atoms with Gasteiger partial charge in [-0.2, -0.15) is 0 Å². The summed E-state index contributed by atoms with van der Waals surface area (Å²) in [5.74, 6) is 2.38. The third kappa shape index (κ3) is 8.29. The molecule has 3 aromatic carbocycles. The van der Waals surface area contributed by atoms with E-state index in [1.807, 2.05) is 55.5 Å². The second-order valence-corrected chi connectivity index (χ2v) is 13.7. The Morgan fingerprint density at radius 3 is 1.91 bits per heavy atom. The molecule has 12 heteroatoms. The first-order valence-electron chi connectivity index (χ1n) is 14.4. The predicted molar refractivity (Wildman–Crippen MR) is 177 cm³/mol. The van der Waals surface area contributed by atoms with Crippen LogP contribution in [0.1, 0.15) is 63.9 Å². The van der Waals surface area contributed by atoms with Crippen LogP contribution in [0.4, 0.5) is 10.5 Å². The Hall–Kier alpha value is -3.32. The standard InChI is InChI=1S/C33H41BrN2O8S/c1-19(45-23-11-9-22(34)10-12-23)43-30-24(35-32(37)36(38)33(2,3)4)15-20(16-27(30)39-5)25-13-14-26(44-25)21-17-28(40-6)31(42-8)29(18-21)41-7/h9-12,15-19,25-26,38H,13-14H2,1-8H3,(H,35,37). The van der Waals surface area contributed by atoms with Crippen LogP contribution in [0.15, 0.2) is 57.9 Å². The zero-order valence-corrected chi connectivity index (χ0v) is 29.2. The van der Waals surface area contributed by atoms with Crippen molar-refractivity contribution in [1.29, 1.82) is 0 Å². The molecule has 0 bridgehead atoms. The summed E-state index contributed by atoms with van der Waals surface area (Å²) in [6, 6.07) is 14.7. The number of thioether (sulfide) groups is 1. The van der Waals surface area contributed by atoms with Gasteiger partial charge in [-0.05, 0) is 100 Å². The number of benzene rings is 3. The molecule has 1 aliphatic rings. The molecule has 4 rings (SSSR count). The Morgan fingerprint density at radius 2 is 1.42 bits per heavy atom. The topological polar surface area (TPSA) is 108 Å². The Bertz CT molecular complexity index is 1460. The van der Waals surface area contributed by atoms with E-state index in [1.165, 1.54) is 11.8 Å². The van der Waals surface area contributed by atoms with E-state index in [2.05, 4.69) is 21.2 Å². The van der Waals surface area contributed by atoms with Crippen molar-refractivity contribution in [1.82, 2.24) is 5.06 Å². The number of nitrogens with one attached hydrogen (secondary N) is 1. The first-order valence-corrected chi connectivity index (χ1v) is 16.1. The zero-order valence-electron chi connectivity index (χ0n) is 26.8. The highest BCUT2D eigenvalue weighted by Crippen LogP contribution is 2.48. The molecule has 0 aliphatic carbocycles. The van der Waals surface area contributed by atoms with Crippen molar-refractivity contribution in [2.75, 3.05) is 33.8 Å². The summed E-state index contributed by atoms with van der Waals surface area (Å²) >= 11 is 4.98. The minimum Gasteiger partial charge on any atom is -0.493 e. The van der Waals surface area contributed by atoms with Crippen molar-refractivity contribution in [3.8, 4) is 28.7 Å². The predicted octanol–water partition coefficient (Wildman–Crippen LogP) is 8.62. The molecule has 1 fully saturated rings. The average molecular weight is 706 g/mol. The number of carbonyl (C=O) groups excluding carboxylic acids is 1. The number of halogens is 1. The van der Waals surface area contributed by atoms with Crippen molar-refractivity contribution in [3.63, 3.8) is 0 Å². The number of anilines is 1. The van der Waals surface area contributed by atoms with Crippen molar-refractivity contribution < 1.29 is 38.4 Å². The molecule has 0 saturated carbocycles. The molecule has 10 nitrogen and oxygen atoms in total. The maximum atomic E-state index is 13.2. The van der Waals surface area contributed by atoms with Gasteiger partial charge >= 0.3 is 6.03 Å². The van der Waals surface area contributed by atoms with Gasteiger partial charge in [-0.1, -0.05) is 27.7 Å². The number of nitrogens with zero attached hydrogens (tertiary/aromatic N) is 1. The third-order valence-corrected chi connectivity index (χ3v) is 8.72. The van der Waals surface area contributed by atoms with Gasteiger partial charge in [0.15, 0.2) is 23.0 Å². The quantitative estimate of drug-likeness (QED) is 0.0878. The van der Waals surface area contributed by atoms with Crippen LogP contribution < -0.4 is 29.0 Å². The largest absolute Gasteiger partial charge is 0.493 e. The molecule has 3 aromatic rings. The van der Waals surface area contributed by atoms with Crippen molar-refractivity contribution in [3.05, 3.63) is 64.1 Å². The number of carbonyl (C=O) groups is 1. The number of hydrogen-bond donors (Lipinski definition) is 2. The number of hydrogen-bond acceptors (Lipinski definition) is 9. The van der Waals surface area contributed by atoms with Gasteiger partial charge in [0.25, 0.3) is 0 Å². The van der Waals surface area contributed by atoms with Crippen molar-refractivity contribution in [2.45, 2.75) is 68.6 Å². The zero-order chi connectivity index (χ0) is 32.9. The number of amides is 2. The van der Waals surface area contributed by atoms with Crippen LogP contribution in [0, 0.1) is 0 Å². The maximum Gasteiger partial charge on any atom is 0.346 e. The Balaban J connectivity index is 1.66. The number of urea groups is 1. The third-order valence-electron chi connectivity index (χ3n) is 7.22. The van der Waals surface area contributed by atoms with Gasteiger partial charge in [-0.25, -0.2) is 9.86 Å². The minimum atomic E-state index is -0.834. The summed E-state index contributed by atoms with van der Waals surface area (Å²) in [7, 11) is 6.27. The molecule has 1 heterocycles. The molecule has 244 valence electrons. The molecule has 1 saturated heterocycles. The summed E-state index contributed by atoms with van der Waals surface area (Å²) in [5, 5.41) is 14.1. The van der Waals surface area contributed by atoms with Gasteiger partial charge in [-0.3, -0.25) is 5.21 Å².